The Kier molecular flexibility index (Phi) is 9.85. The van der Waals surface area contributed by atoms with Crippen molar-refractivity contribution in [2.45, 2.75) is 33.1 Å². The van der Waals surface area contributed by atoms with E-state index in [2.05, 4.69) is 24.5 Å². The molecule has 11 heavy (non-hydrogen) atoms. The van der Waals surface area contributed by atoms with Gasteiger partial charge in [0.25, 0.3) is 0 Å². The lowest BCUT2D eigenvalue weighted by Crippen LogP contribution is -2.21. The van der Waals surface area contributed by atoms with E-state index < -0.39 is 0 Å². The molecule has 0 saturated carbocycles. The Morgan fingerprint density at radius 3 is 1.64 bits per heavy atom. The molecule has 0 aromatic heterocycles. The molecule has 0 atom stereocenters. The van der Waals surface area contributed by atoms with Crippen molar-refractivity contribution in [2.75, 3.05) is 26.2 Å². The van der Waals surface area contributed by atoms with Crippen LogP contribution in [0.5, 0.6) is 0 Å². The van der Waals surface area contributed by atoms with Crippen LogP contribution in [-0.4, -0.2) is 26.2 Å². The third-order valence-corrected chi connectivity index (χ3v) is 1.71. The molecule has 2 nitrogen and oxygen atoms in total. The highest BCUT2D eigenvalue weighted by Gasteiger charge is 1.93. The number of hydrogen-bond donors (Lipinski definition) is 2. The molecule has 1 heterocycles. The third kappa shape index (κ3) is 9.92. The maximum absolute atomic E-state index is 3.28. The topological polar surface area (TPSA) is 24.1 Å². The summed E-state index contributed by atoms with van der Waals surface area (Å²) in [5, 5.41) is 6.40. The second-order valence-corrected chi connectivity index (χ2v) is 2.77. The van der Waals surface area contributed by atoms with E-state index >= 15 is 0 Å². The van der Waals surface area contributed by atoms with Gasteiger partial charge in [0.1, 0.15) is 0 Å². The SMILES string of the molecule is C1CCNCC1.CCNCC. The summed E-state index contributed by atoms with van der Waals surface area (Å²) in [6.45, 7) is 8.89. The van der Waals surface area contributed by atoms with Crippen molar-refractivity contribution in [1.82, 2.24) is 10.6 Å². The summed E-state index contributed by atoms with van der Waals surface area (Å²) < 4.78 is 0. The molecular formula is C9H22N2. The lowest BCUT2D eigenvalue weighted by Gasteiger charge is -2.08. The zero-order chi connectivity index (χ0) is 8.36. The van der Waals surface area contributed by atoms with Crippen LogP contribution in [0.1, 0.15) is 33.1 Å². The first kappa shape index (κ1) is 10.9. The first-order valence-corrected chi connectivity index (χ1v) is 4.83. The standard InChI is InChI=1S/C5H11N.C4H11N/c1-2-4-6-5-3-1;1-3-5-4-2/h6H,1-5H2;5H,3-4H2,1-2H3. The highest BCUT2D eigenvalue weighted by atomic mass is 14.9. The van der Waals surface area contributed by atoms with Crippen molar-refractivity contribution in [2.24, 2.45) is 0 Å². The van der Waals surface area contributed by atoms with Crippen LogP contribution in [0.4, 0.5) is 0 Å². The predicted octanol–water partition coefficient (Wildman–Crippen LogP) is 1.38. The van der Waals surface area contributed by atoms with E-state index in [1.165, 1.54) is 32.4 Å². The minimum absolute atomic E-state index is 1.09. The van der Waals surface area contributed by atoms with Crippen LogP contribution >= 0.6 is 0 Å². The van der Waals surface area contributed by atoms with E-state index in [9.17, 15) is 0 Å². The Hall–Kier alpha value is -0.0800. The smallest absolute Gasteiger partial charge is 0.00489 e. The van der Waals surface area contributed by atoms with Crippen molar-refractivity contribution in [3.63, 3.8) is 0 Å². The van der Waals surface area contributed by atoms with Crippen LogP contribution in [0.15, 0.2) is 0 Å². The van der Waals surface area contributed by atoms with Crippen LogP contribution in [0.2, 0.25) is 0 Å². The van der Waals surface area contributed by atoms with Crippen LogP contribution in [-0.2, 0) is 0 Å². The van der Waals surface area contributed by atoms with Crippen molar-refractivity contribution >= 4 is 0 Å². The maximum atomic E-state index is 3.28. The molecular weight excluding hydrogens is 136 g/mol. The van der Waals surface area contributed by atoms with E-state index in [0.29, 0.717) is 0 Å². The summed E-state index contributed by atoms with van der Waals surface area (Å²) in [5.41, 5.74) is 0. The van der Waals surface area contributed by atoms with Crippen molar-refractivity contribution in [3.05, 3.63) is 0 Å². The van der Waals surface area contributed by atoms with E-state index in [1.54, 1.807) is 0 Å². The molecule has 0 radical (unpaired) electrons. The molecule has 1 saturated heterocycles. The van der Waals surface area contributed by atoms with E-state index in [0.717, 1.165) is 13.1 Å². The minimum atomic E-state index is 1.09. The Morgan fingerprint density at radius 1 is 1.00 bits per heavy atom. The molecule has 0 amide bonds. The Bertz CT molecular complexity index is 47.1. The van der Waals surface area contributed by atoms with E-state index in [1.807, 2.05) is 0 Å². The quantitative estimate of drug-likeness (QED) is 0.634. The first-order valence-electron chi connectivity index (χ1n) is 4.83. The zero-order valence-electron chi connectivity index (χ0n) is 7.95. The van der Waals surface area contributed by atoms with Crippen LogP contribution in [0, 0.1) is 0 Å². The van der Waals surface area contributed by atoms with Gasteiger partial charge in [-0.3, -0.25) is 0 Å². The molecule has 0 aliphatic carbocycles. The van der Waals surface area contributed by atoms with Crippen molar-refractivity contribution < 1.29 is 0 Å². The van der Waals surface area contributed by atoms with Gasteiger partial charge in [0.15, 0.2) is 0 Å². The van der Waals surface area contributed by atoms with Crippen molar-refractivity contribution in [3.8, 4) is 0 Å². The number of piperidine rings is 1. The zero-order valence-corrected chi connectivity index (χ0v) is 7.95. The van der Waals surface area contributed by atoms with Gasteiger partial charge in [-0.05, 0) is 39.0 Å². The van der Waals surface area contributed by atoms with Crippen LogP contribution in [0.3, 0.4) is 0 Å². The summed E-state index contributed by atoms with van der Waals surface area (Å²) >= 11 is 0. The Balaban J connectivity index is 0.000000187. The number of nitrogens with one attached hydrogen (secondary N) is 2. The molecule has 2 heteroatoms. The van der Waals surface area contributed by atoms with Crippen LogP contribution < -0.4 is 10.6 Å². The summed E-state index contributed by atoms with van der Waals surface area (Å²) in [7, 11) is 0. The molecule has 2 N–H and O–H groups in total. The normalized spacial score (nSPS) is 16.9. The van der Waals surface area contributed by atoms with Crippen LogP contribution in [0.25, 0.3) is 0 Å². The molecule has 0 aromatic carbocycles. The highest BCUT2D eigenvalue weighted by Crippen LogP contribution is 1.96. The highest BCUT2D eigenvalue weighted by molar-refractivity contribution is 4.55. The largest absolute Gasteiger partial charge is 0.317 e. The Morgan fingerprint density at radius 2 is 1.55 bits per heavy atom. The number of rotatable bonds is 2. The third-order valence-electron chi connectivity index (χ3n) is 1.71. The van der Waals surface area contributed by atoms with Gasteiger partial charge in [0.2, 0.25) is 0 Å². The van der Waals surface area contributed by atoms with Gasteiger partial charge in [-0.25, -0.2) is 0 Å². The molecule has 68 valence electrons. The molecule has 1 rings (SSSR count). The number of hydrogen-bond acceptors (Lipinski definition) is 2. The lowest BCUT2D eigenvalue weighted by atomic mass is 10.2. The summed E-state index contributed by atoms with van der Waals surface area (Å²) in [5.74, 6) is 0. The first-order chi connectivity index (χ1) is 5.41. The van der Waals surface area contributed by atoms with Gasteiger partial charge < -0.3 is 10.6 Å². The van der Waals surface area contributed by atoms with Gasteiger partial charge in [-0.1, -0.05) is 20.3 Å². The van der Waals surface area contributed by atoms with Gasteiger partial charge in [-0.2, -0.15) is 0 Å². The average molecular weight is 158 g/mol. The molecule has 1 aliphatic heterocycles. The van der Waals surface area contributed by atoms with Gasteiger partial charge in [-0.15, -0.1) is 0 Å². The molecule has 1 fully saturated rings. The fraction of sp³-hybridized carbons (Fsp3) is 1.00. The molecule has 0 unspecified atom stereocenters. The summed E-state index contributed by atoms with van der Waals surface area (Å²) in [6, 6.07) is 0. The minimum Gasteiger partial charge on any atom is -0.317 e. The fourth-order valence-corrected chi connectivity index (χ4v) is 1.05. The molecule has 0 aromatic rings. The monoisotopic (exact) mass is 158 g/mol. The van der Waals surface area contributed by atoms with Crippen molar-refractivity contribution in [1.29, 1.82) is 0 Å². The second kappa shape index (κ2) is 9.92. The lowest BCUT2D eigenvalue weighted by molar-refractivity contribution is 0.520. The van der Waals surface area contributed by atoms with Gasteiger partial charge in [0, 0.05) is 0 Å². The van der Waals surface area contributed by atoms with E-state index in [-0.39, 0.29) is 0 Å². The summed E-state index contributed by atoms with van der Waals surface area (Å²) in [6.07, 6.45) is 4.22. The van der Waals surface area contributed by atoms with E-state index in [4.69, 9.17) is 0 Å². The maximum Gasteiger partial charge on any atom is -0.00489 e. The Labute approximate surface area is 70.8 Å². The van der Waals surface area contributed by atoms with Gasteiger partial charge in [0.05, 0.1) is 0 Å². The fourth-order valence-electron chi connectivity index (χ4n) is 1.05. The average Bonchev–Trinajstić information content (AvgIpc) is 2.10. The van der Waals surface area contributed by atoms with Gasteiger partial charge >= 0.3 is 0 Å². The molecule has 0 spiro atoms. The molecule has 1 aliphatic rings. The summed E-state index contributed by atoms with van der Waals surface area (Å²) in [4.78, 5) is 0. The predicted molar refractivity (Wildman–Crippen MR) is 50.9 cm³/mol. The molecule has 0 bridgehead atoms. The second-order valence-electron chi connectivity index (χ2n) is 2.77.